The van der Waals surface area contributed by atoms with E-state index in [2.05, 4.69) is 4.98 Å². The van der Waals surface area contributed by atoms with Gasteiger partial charge in [-0.15, -0.1) is 0 Å². The first-order valence-corrected chi connectivity index (χ1v) is 8.15. The highest BCUT2D eigenvalue weighted by Gasteiger charge is 2.19. The smallest absolute Gasteiger partial charge is 0.211 e. The third-order valence-electron chi connectivity index (χ3n) is 4.05. The Morgan fingerprint density at radius 3 is 2.07 bits per heavy atom. The summed E-state index contributed by atoms with van der Waals surface area (Å²) in [6, 6.07) is 14.2. The van der Waals surface area contributed by atoms with Gasteiger partial charge in [0.2, 0.25) is 11.5 Å². The highest BCUT2D eigenvalue weighted by Crippen LogP contribution is 2.38. The predicted molar refractivity (Wildman–Crippen MR) is 99.2 cm³/mol. The van der Waals surface area contributed by atoms with E-state index in [1.165, 1.54) is 33.5 Å². The second kappa shape index (κ2) is 7.86. The quantitative estimate of drug-likeness (QED) is 0.613. The van der Waals surface area contributed by atoms with Crippen molar-refractivity contribution < 1.29 is 23.4 Å². The topological polar surface area (TPSA) is 57.7 Å². The van der Waals surface area contributed by atoms with Gasteiger partial charge in [0.1, 0.15) is 11.5 Å². The maximum absolute atomic E-state index is 13.1. The lowest BCUT2D eigenvalue weighted by atomic mass is 10.0. The van der Waals surface area contributed by atoms with Crippen molar-refractivity contribution in [2.45, 2.75) is 0 Å². The number of carbonyl (C=O) groups excluding carboxylic acids is 1. The number of ether oxygens (including phenoxy) is 3. The molecule has 0 unspecified atom stereocenters. The van der Waals surface area contributed by atoms with E-state index < -0.39 is 0 Å². The predicted octanol–water partition coefficient (Wildman–Crippen LogP) is 4.14. The van der Waals surface area contributed by atoms with Crippen molar-refractivity contribution in [2.75, 3.05) is 21.3 Å². The minimum absolute atomic E-state index is 0.256. The van der Waals surface area contributed by atoms with Crippen molar-refractivity contribution >= 4 is 5.78 Å². The second-order valence-electron chi connectivity index (χ2n) is 5.66. The van der Waals surface area contributed by atoms with E-state index in [4.69, 9.17) is 14.2 Å². The summed E-state index contributed by atoms with van der Waals surface area (Å²) in [5.41, 5.74) is 1.91. The molecule has 0 amide bonds. The van der Waals surface area contributed by atoms with Crippen LogP contribution in [0.2, 0.25) is 0 Å². The number of rotatable bonds is 6. The number of benzene rings is 2. The van der Waals surface area contributed by atoms with Crippen molar-refractivity contribution in [1.82, 2.24) is 4.98 Å². The van der Waals surface area contributed by atoms with Crippen LogP contribution in [-0.4, -0.2) is 32.1 Å². The molecule has 6 heteroatoms. The Labute approximate surface area is 156 Å². The average molecular weight is 367 g/mol. The van der Waals surface area contributed by atoms with Gasteiger partial charge in [0.05, 0.1) is 27.0 Å². The van der Waals surface area contributed by atoms with Gasteiger partial charge in [0, 0.05) is 11.1 Å². The minimum Gasteiger partial charge on any atom is -0.493 e. The molecule has 0 aliphatic carbocycles. The third kappa shape index (κ3) is 3.74. The second-order valence-corrected chi connectivity index (χ2v) is 5.66. The Bertz CT molecular complexity index is 945. The molecule has 1 aromatic heterocycles. The molecule has 0 bridgehead atoms. The molecule has 3 rings (SSSR count). The molecule has 1 heterocycles. The van der Waals surface area contributed by atoms with E-state index in [1.54, 1.807) is 42.5 Å². The zero-order valence-electron chi connectivity index (χ0n) is 15.2. The Hall–Kier alpha value is -3.41. The molecular weight excluding hydrogens is 349 g/mol. The monoisotopic (exact) mass is 367 g/mol. The molecule has 2 aromatic carbocycles. The fourth-order valence-corrected chi connectivity index (χ4v) is 2.70. The SMILES string of the molecule is COc1cc(C(=O)c2cccc(-c3ccc(F)cc3)n2)cc(OC)c1OC. The first-order valence-electron chi connectivity index (χ1n) is 8.15. The first kappa shape index (κ1) is 18.4. The molecule has 5 nitrogen and oxygen atoms in total. The minimum atomic E-state index is -0.330. The molecule has 0 fully saturated rings. The molecular formula is C21H18FNO4. The molecule has 0 atom stereocenters. The molecule has 0 saturated carbocycles. The maximum Gasteiger partial charge on any atom is 0.211 e. The lowest BCUT2D eigenvalue weighted by Crippen LogP contribution is -2.06. The lowest BCUT2D eigenvalue weighted by Gasteiger charge is -2.13. The zero-order chi connectivity index (χ0) is 19.4. The fourth-order valence-electron chi connectivity index (χ4n) is 2.70. The van der Waals surface area contributed by atoms with E-state index in [1.807, 2.05) is 0 Å². The van der Waals surface area contributed by atoms with Crippen LogP contribution in [0.3, 0.4) is 0 Å². The summed E-state index contributed by atoms with van der Waals surface area (Å²) in [6.45, 7) is 0. The summed E-state index contributed by atoms with van der Waals surface area (Å²) in [5, 5.41) is 0. The Balaban J connectivity index is 2.01. The number of nitrogens with zero attached hydrogens (tertiary/aromatic N) is 1. The van der Waals surface area contributed by atoms with Crippen molar-refractivity contribution in [3.05, 3.63) is 71.7 Å². The summed E-state index contributed by atoms with van der Waals surface area (Å²) in [5.74, 6) is 0.552. The Morgan fingerprint density at radius 1 is 0.889 bits per heavy atom. The van der Waals surface area contributed by atoms with Gasteiger partial charge in [0.25, 0.3) is 0 Å². The molecule has 0 N–H and O–H groups in total. The van der Waals surface area contributed by atoms with Crippen LogP contribution < -0.4 is 14.2 Å². The molecule has 27 heavy (non-hydrogen) atoms. The van der Waals surface area contributed by atoms with Crippen LogP contribution >= 0.6 is 0 Å². The number of hydrogen-bond acceptors (Lipinski definition) is 5. The molecule has 0 saturated heterocycles. The van der Waals surface area contributed by atoms with Crippen LogP contribution in [0.15, 0.2) is 54.6 Å². The summed E-state index contributed by atoms with van der Waals surface area (Å²) in [6.07, 6.45) is 0. The molecule has 0 spiro atoms. The number of aromatic nitrogens is 1. The van der Waals surface area contributed by atoms with Crippen LogP contribution in [0.5, 0.6) is 17.2 Å². The van der Waals surface area contributed by atoms with Gasteiger partial charge in [-0.05, 0) is 48.5 Å². The van der Waals surface area contributed by atoms with Crippen molar-refractivity contribution in [1.29, 1.82) is 0 Å². The van der Waals surface area contributed by atoms with E-state index in [9.17, 15) is 9.18 Å². The number of hydrogen-bond donors (Lipinski definition) is 0. The highest BCUT2D eigenvalue weighted by atomic mass is 19.1. The van der Waals surface area contributed by atoms with Crippen LogP contribution in [0.1, 0.15) is 16.1 Å². The first-order chi connectivity index (χ1) is 13.1. The third-order valence-corrected chi connectivity index (χ3v) is 4.05. The largest absolute Gasteiger partial charge is 0.493 e. The molecule has 0 aliphatic heterocycles. The van der Waals surface area contributed by atoms with Gasteiger partial charge in [-0.25, -0.2) is 9.37 Å². The van der Waals surface area contributed by atoms with E-state index in [0.29, 0.717) is 28.5 Å². The summed E-state index contributed by atoms with van der Waals surface area (Å²) in [4.78, 5) is 17.4. The lowest BCUT2D eigenvalue weighted by molar-refractivity contribution is 0.103. The zero-order valence-corrected chi connectivity index (χ0v) is 15.2. The summed E-state index contributed by atoms with van der Waals surface area (Å²) < 4.78 is 29.0. The fraction of sp³-hybridized carbons (Fsp3) is 0.143. The van der Waals surface area contributed by atoms with Gasteiger partial charge in [0.15, 0.2) is 11.5 Å². The van der Waals surface area contributed by atoms with E-state index in [-0.39, 0.29) is 17.3 Å². The van der Waals surface area contributed by atoms with Crippen LogP contribution in [0, 0.1) is 5.82 Å². The van der Waals surface area contributed by atoms with Crippen LogP contribution in [-0.2, 0) is 0 Å². The van der Waals surface area contributed by atoms with Crippen molar-refractivity contribution in [3.8, 4) is 28.5 Å². The van der Waals surface area contributed by atoms with E-state index in [0.717, 1.165) is 5.56 Å². The Morgan fingerprint density at radius 2 is 1.52 bits per heavy atom. The molecule has 3 aromatic rings. The van der Waals surface area contributed by atoms with Gasteiger partial charge >= 0.3 is 0 Å². The van der Waals surface area contributed by atoms with Gasteiger partial charge in [-0.1, -0.05) is 6.07 Å². The number of pyridine rings is 1. The number of halogens is 1. The van der Waals surface area contributed by atoms with Crippen molar-refractivity contribution in [2.24, 2.45) is 0 Å². The number of carbonyl (C=O) groups is 1. The summed E-state index contributed by atoms with van der Waals surface area (Å²) in [7, 11) is 4.47. The summed E-state index contributed by atoms with van der Waals surface area (Å²) >= 11 is 0. The van der Waals surface area contributed by atoms with E-state index >= 15 is 0 Å². The van der Waals surface area contributed by atoms with Gasteiger partial charge in [-0.3, -0.25) is 4.79 Å². The average Bonchev–Trinajstić information content (AvgIpc) is 2.72. The molecule has 0 radical (unpaired) electrons. The van der Waals surface area contributed by atoms with Gasteiger partial charge in [-0.2, -0.15) is 0 Å². The molecule has 0 aliphatic rings. The van der Waals surface area contributed by atoms with Crippen LogP contribution in [0.4, 0.5) is 4.39 Å². The highest BCUT2D eigenvalue weighted by molar-refractivity contribution is 6.08. The maximum atomic E-state index is 13.1. The number of methoxy groups -OCH3 is 3. The normalized spacial score (nSPS) is 10.4. The van der Waals surface area contributed by atoms with Crippen molar-refractivity contribution in [3.63, 3.8) is 0 Å². The standard InChI is InChI=1S/C21H18FNO4/c1-25-18-11-14(12-19(26-2)21(18)27-3)20(24)17-6-4-5-16(23-17)13-7-9-15(22)10-8-13/h4-12H,1-3H3. The number of ketones is 1. The molecule has 138 valence electrons. The Kier molecular flexibility index (Phi) is 5.35. The van der Waals surface area contributed by atoms with Crippen LogP contribution in [0.25, 0.3) is 11.3 Å². The van der Waals surface area contributed by atoms with Gasteiger partial charge < -0.3 is 14.2 Å².